The van der Waals surface area contributed by atoms with E-state index in [0.29, 0.717) is 15.3 Å². The Morgan fingerprint density at radius 1 is 0.885 bits per heavy atom. The van der Waals surface area contributed by atoms with Crippen LogP contribution in [0.3, 0.4) is 0 Å². The molecule has 52 heavy (non-hydrogen) atoms. The maximum atomic E-state index is 14.2. The van der Waals surface area contributed by atoms with Crippen LogP contribution in [0.1, 0.15) is 66.5 Å². The number of anilines is 1. The van der Waals surface area contributed by atoms with Gasteiger partial charge in [0.15, 0.2) is 5.13 Å². The zero-order valence-corrected chi connectivity index (χ0v) is 33.0. The summed E-state index contributed by atoms with van der Waals surface area (Å²) in [6.07, 6.45) is -1.08. The zero-order valence-electron chi connectivity index (χ0n) is 31.4. The van der Waals surface area contributed by atoms with Gasteiger partial charge in [0.05, 0.1) is 33.3 Å². The lowest BCUT2D eigenvalue weighted by atomic mass is 9.85. The van der Waals surface area contributed by atoms with Crippen LogP contribution < -0.4 is 21.7 Å². The smallest absolute Gasteiger partial charge is 0.243 e. The molecule has 0 spiro atoms. The summed E-state index contributed by atoms with van der Waals surface area (Å²) in [5.41, 5.74) is 7.10. The largest absolute Gasteiger partial charge is 0.390 e. The van der Waals surface area contributed by atoms with Gasteiger partial charge in [-0.25, -0.2) is 13.4 Å². The first-order chi connectivity index (χ1) is 24.3. The standard InChI is InChI=1S/C39H54N6O5S2/c1-25(2)23-45(52(49,50)29-19-20-30-33(22-29)51-37(40)42-30)24-32(46)31(21-27-15-11-9-12-16-27)41-36(48)34(38(4,5)6)43-35(47)26(3)44-39(7,8)28-17-13-10-14-18-28/h9-20,22,25-26,31-32,34,44,46H,21,23-24H2,1-8H3,(H2,40,42)(H,41,48)(H,43,47)/t26-,31+,32-,34-/m1/s1. The molecule has 0 radical (unpaired) electrons. The highest BCUT2D eigenvalue weighted by atomic mass is 32.2. The van der Waals surface area contributed by atoms with Gasteiger partial charge in [-0.1, -0.05) is 107 Å². The molecule has 4 rings (SSSR count). The summed E-state index contributed by atoms with van der Waals surface area (Å²) in [7, 11) is -4.07. The Labute approximate surface area is 312 Å². The molecular weight excluding hydrogens is 697 g/mol. The van der Waals surface area contributed by atoms with Crippen molar-refractivity contribution in [3.8, 4) is 0 Å². The SMILES string of the molecule is CC(C)CN(C[C@@H](O)[C@H](Cc1ccccc1)NC(=O)[C@@H](NC(=O)[C@@H](C)NC(C)(C)c1ccccc1)C(C)(C)C)S(=O)(=O)c1ccc2nc(N)sc2c1. The number of nitrogens with two attached hydrogens (primary N) is 1. The predicted octanol–water partition coefficient (Wildman–Crippen LogP) is 5.06. The quantitative estimate of drug-likeness (QED) is 0.106. The Hall–Kier alpha value is -3.88. The van der Waals surface area contributed by atoms with E-state index in [9.17, 15) is 23.1 Å². The minimum absolute atomic E-state index is 0.0603. The van der Waals surface area contributed by atoms with Gasteiger partial charge in [0.25, 0.3) is 0 Å². The van der Waals surface area contributed by atoms with Gasteiger partial charge in [-0.2, -0.15) is 4.31 Å². The first kappa shape index (κ1) is 40.9. The van der Waals surface area contributed by atoms with Crippen LogP contribution in [0, 0.1) is 11.3 Å². The van der Waals surface area contributed by atoms with Gasteiger partial charge in [0.2, 0.25) is 21.8 Å². The van der Waals surface area contributed by atoms with Gasteiger partial charge in [0, 0.05) is 18.6 Å². The second kappa shape index (κ2) is 16.9. The molecule has 282 valence electrons. The van der Waals surface area contributed by atoms with E-state index in [1.54, 1.807) is 19.1 Å². The summed E-state index contributed by atoms with van der Waals surface area (Å²) in [4.78, 5) is 32.1. The molecule has 1 aromatic heterocycles. The van der Waals surface area contributed by atoms with E-state index in [1.165, 1.54) is 21.7 Å². The van der Waals surface area contributed by atoms with Crippen molar-refractivity contribution in [2.45, 2.75) is 96.5 Å². The van der Waals surface area contributed by atoms with Gasteiger partial charge >= 0.3 is 0 Å². The van der Waals surface area contributed by atoms with Gasteiger partial charge in [-0.15, -0.1) is 0 Å². The molecule has 4 atom stereocenters. The molecule has 3 aromatic carbocycles. The molecule has 6 N–H and O–H groups in total. The number of hydrogen-bond donors (Lipinski definition) is 5. The Morgan fingerprint density at radius 3 is 2.10 bits per heavy atom. The molecule has 0 aliphatic carbocycles. The van der Waals surface area contributed by atoms with Gasteiger partial charge in [-0.05, 0) is 67.9 Å². The average molecular weight is 751 g/mol. The fourth-order valence-corrected chi connectivity index (χ4v) is 8.65. The van der Waals surface area contributed by atoms with Crippen molar-refractivity contribution in [2.75, 3.05) is 18.8 Å². The number of fused-ring (bicyclic) bond motifs is 1. The first-order valence-electron chi connectivity index (χ1n) is 17.6. The number of nitrogens with one attached hydrogen (secondary N) is 3. The molecule has 0 saturated heterocycles. The number of rotatable bonds is 16. The van der Waals surface area contributed by atoms with Crippen molar-refractivity contribution in [3.63, 3.8) is 0 Å². The predicted molar refractivity (Wildman–Crippen MR) is 209 cm³/mol. The highest BCUT2D eigenvalue weighted by Crippen LogP contribution is 2.29. The maximum absolute atomic E-state index is 14.2. The van der Waals surface area contributed by atoms with Crippen LogP contribution in [0.2, 0.25) is 0 Å². The Bertz CT molecular complexity index is 1910. The molecule has 13 heteroatoms. The second-order valence-electron chi connectivity index (χ2n) is 15.4. The molecule has 2 amide bonds. The summed E-state index contributed by atoms with van der Waals surface area (Å²) in [5, 5.41) is 21.5. The molecule has 4 aromatic rings. The molecular formula is C39H54N6O5S2. The Morgan fingerprint density at radius 2 is 1.50 bits per heavy atom. The van der Waals surface area contributed by atoms with Crippen molar-refractivity contribution in [2.24, 2.45) is 11.3 Å². The summed E-state index contributed by atoms with van der Waals surface area (Å²) < 4.78 is 30.1. The monoisotopic (exact) mass is 750 g/mol. The van der Waals surface area contributed by atoms with E-state index in [1.807, 2.05) is 109 Å². The number of carbonyl (C=O) groups excluding carboxylic acids is 2. The lowest BCUT2D eigenvalue weighted by molar-refractivity contribution is -0.133. The summed E-state index contributed by atoms with van der Waals surface area (Å²) >= 11 is 1.20. The van der Waals surface area contributed by atoms with Crippen molar-refractivity contribution >= 4 is 48.5 Å². The number of aliphatic hydroxyl groups is 1. The number of aromatic nitrogens is 1. The molecule has 0 unspecified atom stereocenters. The molecule has 0 saturated carbocycles. The van der Waals surface area contributed by atoms with Crippen LogP contribution in [-0.2, 0) is 31.6 Å². The molecule has 1 heterocycles. The van der Waals surface area contributed by atoms with E-state index in [-0.39, 0.29) is 36.2 Å². The number of carbonyl (C=O) groups is 2. The number of thiazole rings is 1. The van der Waals surface area contributed by atoms with Gasteiger partial charge in [-0.3, -0.25) is 14.9 Å². The highest BCUT2D eigenvalue weighted by Gasteiger charge is 2.38. The number of sulfonamides is 1. The third kappa shape index (κ3) is 10.6. The van der Waals surface area contributed by atoms with E-state index in [2.05, 4.69) is 20.9 Å². The van der Waals surface area contributed by atoms with Crippen LogP contribution >= 0.6 is 11.3 Å². The number of nitrogens with zero attached hydrogens (tertiary/aromatic N) is 2. The van der Waals surface area contributed by atoms with Crippen LogP contribution in [0.15, 0.2) is 83.8 Å². The highest BCUT2D eigenvalue weighted by molar-refractivity contribution is 7.89. The fraction of sp³-hybridized carbons (Fsp3) is 0.462. The van der Waals surface area contributed by atoms with Crippen molar-refractivity contribution in [1.29, 1.82) is 0 Å². The summed E-state index contributed by atoms with van der Waals surface area (Å²) in [5.74, 6) is -0.898. The van der Waals surface area contributed by atoms with E-state index in [0.717, 1.165) is 11.1 Å². The molecule has 0 bridgehead atoms. The lowest BCUT2D eigenvalue weighted by Crippen LogP contribution is -2.61. The number of nitrogen functional groups attached to an aromatic ring is 1. The minimum atomic E-state index is -4.07. The topological polar surface area (TPSA) is 167 Å². The zero-order chi connectivity index (χ0) is 38.4. The van der Waals surface area contributed by atoms with E-state index in [4.69, 9.17) is 5.73 Å². The van der Waals surface area contributed by atoms with Gasteiger partial charge in [0.1, 0.15) is 6.04 Å². The minimum Gasteiger partial charge on any atom is -0.390 e. The first-order valence-corrected chi connectivity index (χ1v) is 19.9. The van der Waals surface area contributed by atoms with Crippen molar-refractivity contribution in [3.05, 3.63) is 90.0 Å². The van der Waals surface area contributed by atoms with E-state index < -0.39 is 51.1 Å². The van der Waals surface area contributed by atoms with Gasteiger partial charge < -0.3 is 21.5 Å². The second-order valence-corrected chi connectivity index (χ2v) is 18.4. The molecule has 0 aliphatic heterocycles. The average Bonchev–Trinajstić information content (AvgIpc) is 3.45. The van der Waals surface area contributed by atoms with Crippen LogP contribution in [0.4, 0.5) is 5.13 Å². The van der Waals surface area contributed by atoms with Crippen LogP contribution in [0.5, 0.6) is 0 Å². The number of benzene rings is 3. The molecule has 11 nitrogen and oxygen atoms in total. The van der Waals surface area contributed by atoms with Crippen molar-refractivity contribution < 1.29 is 23.1 Å². The Balaban J connectivity index is 1.58. The lowest BCUT2D eigenvalue weighted by Gasteiger charge is -2.36. The number of amides is 2. The van der Waals surface area contributed by atoms with Crippen LogP contribution in [0.25, 0.3) is 10.2 Å². The van der Waals surface area contributed by atoms with Crippen LogP contribution in [-0.4, -0.2) is 71.9 Å². The number of aliphatic hydroxyl groups excluding tert-OH is 1. The van der Waals surface area contributed by atoms with E-state index >= 15 is 0 Å². The third-order valence-electron chi connectivity index (χ3n) is 8.95. The fourth-order valence-electron chi connectivity index (χ4n) is 6.15. The molecule has 0 fully saturated rings. The number of hydrogen-bond acceptors (Lipinski definition) is 9. The normalized spacial score (nSPS) is 15.0. The maximum Gasteiger partial charge on any atom is 0.243 e. The Kier molecular flexibility index (Phi) is 13.2. The van der Waals surface area contributed by atoms with Crippen molar-refractivity contribution in [1.82, 2.24) is 25.2 Å². The summed E-state index contributed by atoms with van der Waals surface area (Å²) in [6.45, 7) is 15.0. The third-order valence-corrected chi connectivity index (χ3v) is 11.6. The summed E-state index contributed by atoms with van der Waals surface area (Å²) in [6, 6.07) is 21.3. The molecule has 0 aliphatic rings.